The SMILES string of the molecule is O=C1c2ccccc2-c2ccc(NC(=O)[C@@H](Cc3ccccc3)N3C(=O)[C@@H]4[C@H](C3=O)[C@H]3C=C[C@H]4C3)cc21. The number of ketones is 1. The molecule has 3 amide bonds. The maximum absolute atomic E-state index is 13.7. The summed E-state index contributed by atoms with van der Waals surface area (Å²) in [4.78, 5) is 55.0. The van der Waals surface area contributed by atoms with E-state index in [1.807, 2.05) is 66.7 Å². The second-order valence-corrected chi connectivity index (χ2v) is 10.4. The zero-order valence-corrected chi connectivity index (χ0v) is 20.0. The number of carbonyl (C=O) groups excluding carboxylic acids is 4. The molecule has 1 heterocycles. The first-order chi connectivity index (χ1) is 18.0. The van der Waals surface area contributed by atoms with Gasteiger partial charge in [-0.2, -0.15) is 0 Å². The van der Waals surface area contributed by atoms with Gasteiger partial charge in [0.1, 0.15) is 6.04 Å². The van der Waals surface area contributed by atoms with Crippen molar-refractivity contribution in [3.63, 3.8) is 0 Å². The quantitative estimate of drug-likeness (QED) is 0.336. The average Bonchev–Trinajstić information content (AvgIpc) is 3.66. The molecule has 5 atom stereocenters. The van der Waals surface area contributed by atoms with Crippen LogP contribution in [0.4, 0.5) is 5.69 Å². The lowest BCUT2D eigenvalue weighted by atomic mass is 9.85. The predicted octanol–water partition coefficient (Wildman–Crippen LogP) is 4.25. The van der Waals surface area contributed by atoms with Crippen LogP contribution in [0.15, 0.2) is 84.9 Å². The number of hydrogen-bond acceptors (Lipinski definition) is 4. The molecule has 1 saturated carbocycles. The van der Waals surface area contributed by atoms with Gasteiger partial charge in [0.15, 0.2) is 5.78 Å². The molecule has 1 saturated heterocycles. The van der Waals surface area contributed by atoms with Crippen LogP contribution in [-0.4, -0.2) is 34.4 Å². The fraction of sp³-hybridized carbons (Fsp3) is 0.226. The van der Waals surface area contributed by atoms with Crippen molar-refractivity contribution in [3.8, 4) is 11.1 Å². The summed E-state index contributed by atoms with van der Waals surface area (Å²) >= 11 is 0. The lowest BCUT2D eigenvalue weighted by molar-refractivity contribution is -0.147. The number of hydrogen-bond donors (Lipinski definition) is 1. The van der Waals surface area contributed by atoms with E-state index in [1.54, 1.807) is 18.2 Å². The molecule has 182 valence electrons. The van der Waals surface area contributed by atoms with Crippen molar-refractivity contribution in [2.24, 2.45) is 23.7 Å². The number of imide groups is 1. The number of likely N-dealkylation sites (tertiary alicyclic amines) is 1. The zero-order chi connectivity index (χ0) is 25.3. The molecule has 0 spiro atoms. The molecule has 3 aromatic rings. The van der Waals surface area contributed by atoms with E-state index in [0.29, 0.717) is 16.8 Å². The Morgan fingerprint density at radius 3 is 2.11 bits per heavy atom. The molecule has 0 unspecified atom stereocenters. The predicted molar refractivity (Wildman–Crippen MR) is 137 cm³/mol. The van der Waals surface area contributed by atoms with Gasteiger partial charge < -0.3 is 5.32 Å². The number of carbonyl (C=O) groups is 4. The van der Waals surface area contributed by atoms with Gasteiger partial charge in [-0.25, -0.2) is 0 Å². The van der Waals surface area contributed by atoms with Crippen LogP contribution < -0.4 is 5.32 Å². The van der Waals surface area contributed by atoms with Gasteiger partial charge in [-0.3, -0.25) is 24.1 Å². The minimum atomic E-state index is -0.978. The van der Waals surface area contributed by atoms with Gasteiger partial charge in [-0.1, -0.05) is 72.8 Å². The average molecular weight is 489 g/mol. The molecule has 0 aromatic heterocycles. The van der Waals surface area contributed by atoms with Crippen molar-refractivity contribution in [1.82, 2.24) is 4.90 Å². The van der Waals surface area contributed by atoms with Crippen LogP contribution >= 0.6 is 0 Å². The number of benzene rings is 3. The van der Waals surface area contributed by atoms with E-state index >= 15 is 0 Å². The monoisotopic (exact) mass is 488 g/mol. The van der Waals surface area contributed by atoms with Crippen molar-refractivity contribution in [2.75, 3.05) is 5.32 Å². The van der Waals surface area contributed by atoms with Gasteiger partial charge in [0.2, 0.25) is 17.7 Å². The third-order valence-electron chi connectivity index (χ3n) is 8.38. The van der Waals surface area contributed by atoms with E-state index < -0.39 is 11.9 Å². The summed E-state index contributed by atoms with van der Waals surface area (Å²) in [7, 11) is 0. The van der Waals surface area contributed by atoms with Crippen LogP contribution in [0.3, 0.4) is 0 Å². The van der Waals surface area contributed by atoms with Gasteiger partial charge in [-0.05, 0) is 47.1 Å². The van der Waals surface area contributed by atoms with E-state index in [0.717, 1.165) is 23.1 Å². The van der Waals surface area contributed by atoms with Crippen LogP contribution in [0.5, 0.6) is 0 Å². The minimum Gasteiger partial charge on any atom is -0.324 e. The summed E-state index contributed by atoms with van der Waals surface area (Å²) in [5, 5.41) is 2.91. The Labute approximate surface area is 214 Å². The van der Waals surface area contributed by atoms with Crippen molar-refractivity contribution < 1.29 is 19.2 Å². The number of fused-ring (bicyclic) bond motifs is 8. The number of allylic oxidation sites excluding steroid dienone is 2. The number of amides is 3. The fourth-order valence-corrected chi connectivity index (χ4v) is 6.70. The molecule has 3 aromatic carbocycles. The maximum Gasteiger partial charge on any atom is 0.248 e. The zero-order valence-electron chi connectivity index (χ0n) is 20.0. The molecule has 37 heavy (non-hydrogen) atoms. The van der Waals surface area contributed by atoms with E-state index in [1.165, 1.54) is 4.90 Å². The first-order valence-electron chi connectivity index (χ1n) is 12.7. The standard InChI is InChI=1S/C31H24N2O4/c34-28-23-9-5-4-8-21(23)22-13-12-20(16-24(22)28)32-29(35)25(14-17-6-2-1-3-7-17)33-30(36)26-18-10-11-19(15-18)27(26)31(33)37/h1-13,16,18-19,25-27H,14-15H2,(H,32,35)/t18-,19-,25+,26-,27+/m0/s1. The van der Waals surface area contributed by atoms with Crippen molar-refractivity contribution >= 4 is 29.2 Å². The maximum atomic E-state index is 13.7. The Morgan fingerprint density at radius 2 is 1.41 bits per heavy atom. The third-order valence-corrected chi connectivity index (χ3v) is 8.38. The Balaban J connectivity index is 1.20. The van der Waals surface area contributed by atoms with Crippen LogP contribution in [-0.2, 0) is 20.8 Å². The van der Waals surface area contributed by atoms with Gasteiger partial charge in [0.25, 0.3) is 0 Å². The van der Waals surface area contributed by atoms with Gasteiger partial charge in [-0.15, -0.1) is 0 Å². The first-order valence-corrected chi connectivity index (χ1v) is 12.7. The smallest absolute Gasteiger partial charge is 0.248 e. The van der Waals surface area contributed by atoms with Crippen molar-refractivity contribution in [1.29, 1.82) is 0 Å². The Morgan fingerprint density at radius 1 is 0.784 bits per heavy atom. The minimum absolute atomic E-state index is 0.0706. The molecule has 1 aliphatic heterocycles. The number of nitrogens with zero attached hydrogens (tertiary/aromatic N) is 1. The lowest BCUT2D eigenvalue weighted by Gasteiger charge is -2.27. The number of nitrogens with one attached hydrogen (secondary N) is 1. The van der Waals surface area contributed by atoms with E-state index in [9.17, 15) is 19.2 Å². The molecule has 2 bridgehead atoms. The molecule has 1 N–H and O–H groups in total. The Bertz CT molecular complexity index is 1500. The first kappa shape index (κ1) is 21.9. The van der Waals surface area contributed by atoms with Crippen molar-refractivity contribution in [2.45, 2.75) is 18.9 Å². The van der Waals surface area contributed by atoms with Crippen LogP contribution in [0.25, 0.3) is 11.1 Å². The van der Waals surface area contributed by atoms with Crippen LogP contribution in [0, 0.1) is 23.7 Å². The Hall–Kier alpha value is -4.32. The molecule has 7 rings (SSSR count). The second kappa shape index (κ2) is 8.10. The third kappa shape index (κ3) is 3.25. The highest BCUT2D eigenvalue weighted by atomic mass is 16.2. The number of anilines is 1. The van der Waals surface area contributed by atoms with E-state index in [4.69, 9.17) is 0 Å². The van der Waals surface area contributed by atoms with Crippen LogP contribution in [0.2, 0.25) is 0 Å². The Kier molecular flexibility index (Phi) is 4.80. The highest BCUT2D eigenvalue weighted by molar-refractivity contribution is 6.22. The van der Waals surface area contributed by atoms with E-state index in [2.05, 4.69) is 5.32 Å². The summed E-state index contributed by atoms with van der Waals surface area (Å²) < 4.78 is 0. The molecular weight excluding hydrogens is 464 g/mol. The largest absolute Gasteiger partial charge is 0.324 e. The summed E-state index contributed by atoms with van der Waals surface area (Å²) in [5.74, 6) is -1.61. The highest BCUT2D eigenvalue weighted by Crippen LogP contribution is 2.53. The highest BCUT2D eigenvalue weighted by Gasteiger charge is 2.61. The van der Waals surface area contributed by atoms with Crippen molar-refractivity contribution in [3.05, 3.63) is 102 Å². The topological polar surface area (TPSA) is 83.6 Å². The molecular formula is C31H24N2O4. The van der Waals surface area contributed by atoms with Gasteiger partial charge >= 0.3 is 0 Å². The normalized spacial score (nSPS) is 25.3. The lowest BCUT2D eigenvalue weighted by Crippen LogP contribution is -2.49. The van der Waals surface area contributed by atoms with E-state index in [-0.39, 0.29) is 47.7 Å². The van der Waals surface area contributed by atoms with Crippen LogP contribution in [0.1, 0.15) is 27.9 Å². The molecule has 4 aliphatic rings. The fourth-order valence-electron chi connectivity index (χ4n) is 6.70. The molecule has 6 heteroatoms. The summed E-state index contributed by atoms with van der Waals surface area (Å²) in [6.07, 6.45) is 5.15. The molecule has 0 radical (unpaired) electrons. The number of rotatable bonds is 5. The molecule has 3 aliphatic carbocycles. The summed E-state index contributed by atoms with van der Waals surface area (Å²) in [6, 6.07) is 21.2. The molecule has 6 nitrogen and oxygen atoms in total. The summed E-state index contributed by atoms with van der Waals surface area (Å²) in [6.45, 7) is 0. The van der Waals surface area contributed by atoms with Gasteiger partial charge in [0.05, 0.1) is 11.8 Å². The van der Waals surface area contributed by atoms with Gasteiger partial charge in [0, 0.05) is 23.2 Å². The molecule has 2 fully saturated rings. The summed E-state index contributed by atoms with van der Waals surface area (Å²) in [5.41, 5.74) is 4.21. The second-order valence-electron chi connectivity index (χ2n) is 10.4.